The summed E-state index contributed by atoms with van der Waals surface area (Å²) in [5.74, 6) is 0. The Balaban J connectivity index is 2.23. The third-order valence-corrected chi connectivity index (χ3v) is 3.20. The lowest BCUT2D eigenvalue weighted by Crippen LogP contribution is -2.43. The average Bonchev–Trinajstić information content (AvgIpc) is 2.26. The van der Waals surface area contributed by atoms with Crippen LogP contribution in [0.3, 0.4) is 0 Å². The minimum atomic E-state index is 0.657. The van der Waals surface area contributed by atoms with Crippen LogP contribution in [-0.4, -0.2) is 49.1 Å². The average molecular weight is 195 g/mol. The number of nitrogens with zero attached hydrogens (tertiary/aromatic N) is 3. The Labute approximate surface area is 87.3 Å². The van der Waals surface area contributed by atoms with Gasteiger partial charge in [0.2, 0.25) is 0 Å². The minimum absolute atomic E-state index is 0.657. The summed E-state index contributed by atoms with van der Waals surface area (Å²) >= 11 is 0. The molecule has 1 aliphatic rings. The van der Waals surface area contributed by atoms with Crippen LogP contribution in [0.1, 0.15) is 26.2 Å². The van der Waals surface area contributed by atoms with Crippen molar-refractivity contribution in [3.05, 3.63) is 0 Å². The monoisotopic (exact) mass is 195 g/mol. The lowest BCUT2D eigenvalue weighted by molar-refractivity contribution is 0.133. The first-order chi connectivity index (χ1) is 6.77. The first kappa shape index (κ1) is 11.5. The van der Waals surface area contributed by atoms with Gasteiger partial charge in [-0.2, -0.15) is 5.26 Å². The SMILES string of the molecule is CCN1CCC(N(C)CCC#N)CC1. The zero-order valence-electron chi connectivity index (χ0n) is 9.37. The maximum atomic E-state index is 8.51. The molecule has 0 radical (unpaired) electrons. The maximum Gasteiger partial charge on any atom is 0.0635 e. The first-order valence-electron chi connectivity index (χ1n) is 5.57. The van der Waals surface area contributed by atoms with Gasteiger partial charge in [-0.15, -0.1) is 0 Å². The van der Waals surface area contributed by atoms with Crippen LogP contribution in [0.4, 0.5) is 0 Å². The third-order valence-electron chi connectivity index (χ3n) is 3.20. The first-order valence-corrected chi connectivity index (χ1v) is 5.57. The second-order valence-electron chi connectivity index (χ2n) is 4.05. The minimum Gasteiger partial charge on any atom is -0.303 e. The van der Waals surface area contributed by atoms with Gasteiger partial charge in [0.05, 0.1) is 6.07 Å². The van der Waals surface area contributed by atoms with Crippen LogP contribution in [0.5, 0.6) is 0 Å². The summed E-state index contributed by atoms with van der Waals surface area (Å²) in [6, 6.07) is 2.91. The summed E-state index contributed by atoms with van der Waals surface area (Å²) in [4.78, 5) is 4.84. The zero-order valence-corrected chi connectivity index (χ0v) is 9.37. The Morgan fingerprint density at radius 2 is 2.07 bits per heavy atom. The van der Waals surface area contributed by atoms with Gasteiger partial charge < -0.3 is 9.80 Å². The van der Waals surface area contributed by atoms with Gasteiger partial charge in [0.15, 0.2) is 0 Å². The van der Waals surface area contributed by atoms with E-state index in [1.807, 2.05) is 0 Å². The number of likely N-dealkylation sites (tertiary alicyclic amines) is 1. The van der Waals surface area contributed by atoms with Gasteiger partial charge in [0.25, 0.3) is 0 Å². The molecular weight excluding hydrogens is 174 g/mol. The van der Waals surface area contributed by atoms with Crippen LogP contribution in [0, 0.1) is 11.3 Å². The lowest BCUT2D eigenvalue weighted by Gasteiger charge is -2.36. The number of piperidine rings is 1. The smallest absolute Gasteiger partial charge is 0.0635 e. The second-order valence-corrected chi connectivity index (χ2v) is 4.05. The molecule has 1 rings (SSSR count). The van der Waals surface area contributed by atoms with Crippen molar-refractivity contribution in [3.63, 3.8) is 0 Å². The van der Waals surface area contributed by atoms with Crippen molar-refractivity contribution in [2.75, 3.05) is 33.2 Å². The Bertz CT molecular complexity index is 189. The standard InChI is InChI=1S/C11H21N3/c1-3-14-9-5-11(6-10-14)13(2)8-4-7-12/h11H,3-6,8-10H2,1-2H3. The Kier molecular flexibility index (Phi) is 4.92. The van der Waals surface area contributed by atoms with Gasteiger partial charge in [-0.05, 0) is 39.5 Å². The summed E-state index contributed by atoms with van der Waals surface area (Å²) in [6.07, 6.45) is 3.18. The number of hydrogen-bond donors (Lipinski definition) is 0. The highest BCUT2D eigenvalue weighted by Gasteiger charge is 2.20. The molecule has 1 saturated heterocycles. The van der Waals surface area contributed by atoms with Crippen molar-refractivity contribution in [1.82, 2.24) is 9.80 Å². The van der Waals surface area contributed by atoms with Gasteiger partial charge in [-0.25, -0.2) is 0 Å². The zero-order chi connectivity index (χ0) is 10.4. The van der Waals surface area contributed by atoms with Crippen LogP contribution < -0.4 is 0 Å². The van der Waals surface area contributed by atoms with Gasteiger partial charge in [0.1, 0.15) is 0 Å². The molecule has 3 nitrogen and oxygen atoms in total. The molecule has 3 heteroatoms. The van der Waals surface area contributed by atoms with E-state index in [1.54, 1.807) is 0 Å². The van der Waals surface area contributed by atoms with Gasteiger partial charge in [-0.3, -0.25) is 0 Å². The summed E-state index contributed by atoms with van der Waals surface area (Å²) in [7, 11) is 2.14. The molecule has 0 aromatic carbocycles. The highest BCUT2D eigenvalue weighted by Crippen LogP contribution is 2.14. The fourth-order valence-corrected chi connectivity index (χ4v) is 2.09. The Hall–Kier alpha value is -0.590. The summed E-state index contributed by atoms with van der Waals surface area (Å²) in [5.41, 5.74) is 0. The number of nitriles is 1. The molecule has 1 heterocycles. The molecule has 0 saturated carbocycles. The fraction of sp³-hybridized carbons (Fsp3) is 0.909. The summed E-state index contributed by atoms with van der Waals surface area (Å²) < 4.78 is 0. The fourth-order valence-electron chi connectivity index (χ4n) is 2.09. The molecule has 1 fully saturated rings. The Morgan fingerprint density at radius 3 is 2.57 bits per heavy atom. The molecule has 0 aromatic heterocycles. The van der Waals surface area contributed by atoms with Crippen molar-refractivity contribution in [1.29, 1.82) is 5.26 Å². The molecule has 0 atom stereocenters. The van der Waals surface area contributed by atoms with E-state index in [9.17, 15) is 0 Å². The van der Waals surface area contributed by atoms with Crippen molar-refractivity contribution >= 4 is 0 Å². The topological polar surface area (TPSA) is 30.3 Å². The van der Waals surface area contributed by atoms with Crippen LogP contribution in [0.25, 0.3) is 0 Å². The van der Waals surface area contributed by atoms with Crippen molar-refractivity contribution < 1.29 is 0 Å². The predicted molar refractivity (Wildman–Crippen MR) is 58.0 cm³/mol. The van der Waals surface area contributed by atoms with E-state index >= 15 is 0 Å². The van der Waals surface area contributed by atoms with E-state index in [0.717, 1.165) is 6.54 Å². The molecule has 1 aliphatic heterocycles. The van der Waals surface area contributed by atoms with Crippen molar-refractivity contribution in [2.24, 2.45) is 0 Å². The lowest BCUT2D eigenvalue weighted by atomic mass is 10.0. The van der Waals surface area contributed by atoms with Gasteiger partial charge >= 0.3 is 0 Å². The van der Waals surface area contributed by atoms with Crippen LogP contribution in [0.2, 0.25) is 0 Å². The number of hydrogen-bond acceptors (Lipinski definition) is 3. The van der Waals surface area contributed by atoms with E-state index in [-0.39, 0.29) is 0 Å². The van der Waals surface area contributed by atoms with Crippen molar-refractivity contribution in [3.8, 4) is 6.07 Å². The highest BCUT2D eigenvalue weighted by atomic mass is 15.2. The summed E-state index contributed by atoms with van der Waals surface area (Å²) in [5, 5.41) is 8.51. The van der Waals surface area contributed by atoms with Gasteiger partial charge in [-0.1, -0.05) is 6.92 Å². The molecule has 0 N–H and O–H groups in total. The van der Waals surface area contributed by atoms with Gasteiger partial charge in [0, 0.05) is 19.0 Å². The second kappa shape index (κ2) is 6.00. The van der Waals surface area contributed by atoms with E-state index in [2.05, 4.69) is 29.8 Å². The molecule has 14 heavy (non-hydrogen) atoms. The van der Waals surface area contributed by atoms with E-state index < -0.39 is 0 Å². The molecule has 0 aromatic rings. The summed E-state index contributed by atoms with van der Waals surface area (Å²) in [6.45, 7) is 6.76. The molecule has 0 amide bonds. The van der Waals surface area contributed by atoms with Crippen LogP contribution in [0.15, 0.2) is 0 Å². The highest BCUT2D eigenvalue weighted by molar-refractivity contribution is 4.80. The number of rotatable bonds is 4. The molecule has 0 spiro atoms. The molecule has 0 aliphatic carbocycles. The normalized spacial score (nSPS) is 19.9. The molecule has 0 unspecified atom stereocenters. The van der Waals surface area contributed by atoms with Crippen molar-refractivity contribution in [2.45, 2.75) is 32.2 Å². The Morgan fingerprint density at radius 1 is 1.43 bits per heavy atom. The van der Waals surface area contributed by atoms with E-state index in [0.29, 0.717) is 12.5 Å². The quantitative estimate of drug-likeness (QED) is 0.677. The largest absolute Gasteiger partial charge is 0.303 e. The maximum absolute atomic E-state index is 8.51. The molecular formula is C11H21N3. The predicted octanol–water partition coefficient (Wildman–Crippen LogP) is 1.32. The molecule has 0 bridgehead atoms. The van der Waals surface area contributed by atoms with E-state index in [4.69, 9.17) is 5.26 Å². The van der Waals surface area contributed by atoms with E-state index in [1.165, 1.54) is 32.5 Å². The third kappa shape index (κ3) is 3.28. The van der Waals surface area contributed by atoms with Crippen LogP contribution >= 0.6 is 0 Å². The molecule has 80 valence electrons. The van der Waals surface area contributed by atoms with Crippen LogP contribution in [-0.2, 0) is 0 Å².